The fourth-order valence-electron chi connectivity index (χ4n) is 1.15. The molecule has 0 atom stereocenters. The number of hydrogen-bond donors (Lipinski definition) is 0. The van der Waals surface area contributed by atoms with Crippen molar-refractivity contribution in [3.63, 3.8) is 0 Å². The summed E-state index contributed by atoms with van der Waals surface area (Å²) in [5, 5.41) is 0. The number of benzene rings is 1. The molecule has 0 saturated heterocycles. The number of terminal acetylenes is 1. The number of carbonyl (C=O) groups is 1. The smallest absolute Gasteiger partial charge is 0.312 e. The minimum absolute atomic E-state index is 0.270. The van der Waals surface area contributed by atoms with Crippen LogP contribution >= 0.6 is 0 Å². The standard InChI is InChI=1S/C13H14O2.C2H6/c1-3-5-6-13(14)15-12-9-7-11(4-2)8-10-12;1-2/h1,7-10H,4-6H2,2H3;1-2H3. The van der Waals surface area contributed by atoms with Crippen molar-refractivity contribution in [3.05, 3.63) is 29.8 Å². The van der Waals surface area contributed by atoms with Crippen LogP contribution in [0.4, 0.5) is 0 Å². The number of esters is 1. The van der Waals surface area contributed by atoms with Crippen LogP contribution in [0.25, 0.3) is 0 Å². The molecule has 0 saturated carbocycles. The van der Waals surface area contributed by atoms with Gasteiger partial charge in [-0.25, -0.2) is 0 Å². The molecule has 0 fully saturated rings. The lowest BCUT2D eigenvalue weighted by molar-refractivity contribution is -0.134. The highest BCUT2D eigenvalue weighted by atomic mass is 16.5. The normalized spacial score (nSPS) is 8.59. The summed E-state index contributed by atoms with van der Waals surface area (Å²) >= 11 is 0. The highest BCUT2D eigenvalue weighted by molar-refractivity contribution is 5.72. The first-order chi connectivity index (χ1) is 8.26. The quantitative estimate of drug-likeness (QED) is 0.450. The Hall–Kier alpha value is -1.75. The number of carbonyl (C=O) groups excluding carboxylic acids is 1. The van der Waals surface area contributed by atoms with E-state index in [1.165, 1.54) is 5.56 Å². The molecule has 0 aromatic heterocycles. The monoisotopic (exact) mass is 232 g/mol. The Bertz CT molecular complexity index is 358. The zero-order valence-electron chi connectivity index (χ0n) is 10.8. The molecule has 2 nitrogen and oxygen atoms in total. The third kappa shape index (κ3) is 6.42. The van der Waals surface area contributed by atoms with E-state index in [4.69, 9.17) is 11.2 Å². The van der Waals surface area contributed by atoms with Gasteiger partial charge in [-0.1, -0.05) is 32.9 Å². The van der Waals surface area contributed by atoms with Crippen LogP contribution in [-0.2, 0) is 11.2 Å². The number of aryl methyl sites for hydroxylation is 1. The van der Waals surface area contributed by atoms with Gasteiger partial charge in [0.25, 0.3) is 0 Å². The first-order valence-electron chi connectivity index (χ1n) is 5.99. The minimum Gasteiger partial charge on any atom is -0.427 e. The van der Waals surface area contributed by atoms with E-state index in [0.29, 0.717) is 12.2 Å². The molecule has 0 heterocycles. The van der Waals surface area contributed by atoms with Gasteiger partial charge in [0.15, 0.2) is 0 Å². The topological polar surface area (TPSA) is 26.3 Å². The maximum Gasteiger partial charge on any atom is 0.312 e. The molecule has 0 bridgehead atoms. The minimum atomic E-state index is -0.280. The van der Waals surface area contributed by atoms with E-state index in [0.717, 1.165) is 6.42 Å². The number of hydrogen-bond acceptors (Lipinski definition) is 2. The zero-order valence-corrected chi connectivity index (χ0v) is 10.8. The van der Waals surface area contributed by atoms with Gasteiger partial charge in [0.2, 0.25) is 0 Å². The summed E-state index contributed by atoms with van der Waals surface area (Å²) in [4.78, 5) is 11.2. The average molecular weight is 232 g/mol. The van der Waals surface area contributed by atoms with Crippen molar-refractivity contribution in [1.29, 1.82) is 0 Å². The van der Waals surface area contributed by atoms with Crippen molar-refractivity contribution in [3.8, 4) is 18.1 Å². The summed E-state index contributed by atoms with van der Waals surface area (Å²) in [6, 6.07) is 7.49. The molecule has 1 rings (SSSR count). The highest BCUT2D eigenvalue weighted by Gasteiger charge is 2.03. The van der Waals surface area contributed by atoms with Gasteiger partial charge in [0.1, 0.15) is 5.75 Å². The molecule has 92 valence electrons. The lowest BCUT2D eigenvalue weighted by Gasteiger charge is -2.03. The molecular weight excluding hydrogens is 212 g/mol. The number of rotatable bonds is 4. The molecule has 0 amide bonds. The van der Waals surface area contributed by atoms with E-state index in [-0.39, 0.29) is 12.4 Å². The van der Waals surface area contributed by atoms with E-state index in [9.17, 15) is 4.79 Å². The molecular formula is C15H20O2. The summed E-state index contributed by atoms with van der Waals surface area (Å²) in [5.74, 6) is 2.70. The molecule has 0 radical (unpaired) electrons. The molecule has 0 unspecified atom stereocenters. The van der Waals surface area contributed by atoms with Gasteiger partial charge < -0.3 is 4.74 Å². The van der Waals surface area contributed by atoms with Crippen LogP contribution in [0.15, 0.2) is 24.3 Å². The second-order valence-corrected chi connectivity index (χ2v) is 3.18. The Morgan fingerprint density at radius 1 is 1.29 bits per heavy atom. The average Bonchev–Trinajstić information content (AvgIpc) is 2.39. The van der Waals surface area contributed by atoms with Crippen molar-refractivity contribution in [2.75, 3.05) is 0 Å². The predicted octanol–water partition coefficient (Wildman–Crippen LogP) is 3.59. The van der Waals surface area contributed by atoms with Crippen LogP contribution in [0.1, 0.15) is 39.2 Å². The van der Waals surface area contributed by atoms with E-state index in [1.807, 2.05) is 26.0 Å². The van der Waals surface area contributed by atoms with E-state index in [2.05, 4.69) is 12.8 Å². The Labute approximate surface area is 104 Å². The second kappa shape index (κ2) is 9.47. The first-order valence-corrected chi connectivity index (χ1v) is 5.99. The van der Waals surface area contributed by atoms with Gasteiger partial charge in [0, 0.05) is 6.42 Å². The molecule has 0 N–H and O–H groups in total. The van der Waals surface area contributed by atoms with E-state index >= 15 is 0 Å². The predicted molar refractivity (Wildman–Crippen MR) is 70.9 cm³/mol. The van der Waals surface area contributed by atoms with Gasteiger partial charge in [-0.2, -0.15) is 0 Å². The maximum absolute atomic E-state index is 11.2. The van der Waals surface area contributed by atoms with Gasteiger partial charge in [-0.3, -0.25) is 4.79 Å². The summed E-state index contributed by atoms with van der Waals surface area (Å²) in [5.41, 5.74) is 1.22. The zero-order chi connectivity index (χ0) is 13.1. The molecule has 0 aliphatic heterocycles. The second-order valence-electron chi connectivity index (χ2n) is 3.18. The largest absolute Gasteiger partial charge is 0.427 e. The summed E-state index contributed by atoms with van der Waals surface area (Å²) in [6.07, 6.45) is 6.72. The summed E-state index contributed by atoms with van der Waals surface area (Å²) in [7, 11) is 0. The molecule has 17 heavy (non-hydrogen) atoms. The van der Waals surface area contributed by atoms with Crippen LogP contribution in [0.2, 0.25) is 0 Å². The molecule has 1 aromatic carbocycles. The maximum atomic E-state index is 11.2. The van der Waals surface area contributed by atoms with Crippen LogP contribution in [-0.4, -0.2) is 5.97 Å². The fraction of sp³-hybridized carbons (Fsp3) is 0.400. The third-order valence-electron chi connectivity index (χ3n) is 2.04. The van der Waals surface area contributed by atoms with Gasteiger partial charge in [-0.15, -0.1) is 12.3 Å². The lowest BCUT2D eigenvalue weighted by atomic mass is 10.2. The van der Waals surface area contributed by atoms with E-state index < -0.39 is 0 Å². The van der Waals surface area contributed by atoms with Crippen LogP contribution in [0, 0.1) is 12.3 Å². The molecule has 0 aliphatic rings. The van der Waals surface area contributed by atoms with Crippen molar-refractivity contribution in [1.82, 2.24) is 0 Å². The Balaban J connectivity index is 0.00000121. The fourth-order valence-corrected chi connectivity index (χ4v) is 1.15. The Morgan fingerprint density at radius 2 is 1.88 bits per heavy atom. The van der Waals surface area contributed by atoms with E-state index in [1.54, 1.807) is 12.1 Å². The Kier molecular flexibility index (Phi) is 8.50. The summed E-state index contributed by atoms with van der Waals surface area (Å²) < 4.78 is 5.08. The van der Waals surface area contributed by atoms with Crippen LogP contribution in [0.5, 0.6) is 5.75 Å². The Morgan fingerprint density at radius 3 is 2.35 bits per heavy atom. The van der Waals surface area contributed by atoms with Gasteiger partial charge >= 0.3 is 5.97 Å². The van der Waals surface area contributed by atoms with Crippen molar-refractivity contribution < 1.29 is 9.53 Å². The van der Waals surface area contributed by atoms with Crippen molar-refractivity contribution in [2.45, 2.75) is 40.0 Å². The lowest BCUT2D eigenvalue weighted by Crippen LogP contribution is -2.06. The van der Waals surface area contributed by atoms with Crippen molar-refractivity contribution >= 4 is 5.97 Å². The highest BCUT2D eigenvalue weighted by Crippen LogP contribution is 2.13. The van der Waals surface area contributed by atoms with Crippen LogP contribution in [0.3, 0.4) is 0 Å². The first kappa shape index (κ1) is 15.2. The number of ether oxygens (including phenoxy) is 1. The third-order valence-corrected chi connectivity index (χ3v) is 2.04. The molecule has 0 spiro atoms. The van der Waals surface area contributed by atoms with Crippen LogP contribution < -0.4 is 4.74 Å². The molecule has 1 aromatic rings. The van der Waals surface area contributed by atoms with Gasteiger partial charge in [0.05, 0.1) is 6.42 Å². The SMILES string of the molecule is C#CCCC(=O)Oc1ccc(CC)cc1.CC. The molecule has 2 heteroatoms. The van der Waals surface area contributed by atoms with Crippen molar-refractivity contribution in [2.24, 2.45) is 0 Å². The summed E-state index contributed by atoms with van der Waals surface area (Å²) in [6.45, 7) is 6.08. The molecule has 0 aliphatic carbocycles. The van der Waals surface area contributed by atoms with Gasteiger partial charge in [-0.05, 0) is 24.1 Å².